The molecule has 0 radical (unpaired) electrons. The number of aromatic nitrogens is 1. The van der Waals surface area contributed by atoms with Crippen molar-refractivity contribution in [3.8, 4) is 11.5 Å². The Labute approximate surface area is 170 Å². The lowest BCUT2D eigenvalue weighted by Gasteiger charge is -2.23. The largest absolute Gasteiger partial charge is 0.485 e. The third-order valence-corrected chi connectivity index (χ3v) is 5.57. The molecule has 4 rings (SSSR count). The molecule has 8 heteroatoms. The molecule has 3 aromatic rings. The van der Waals surface area contributed by atoms with E-state index in [9.17, 15) is 4.79 Å². The number of amides is 1. The predicted octanol–water partition coefficient (Wildman–Crippen LogP) is 3.66. The highest BCUT2D eigenvalue weighted by Gasteiger charge is 2.27. The molecule has 0 unspecified atom stereocenters. The Morgan fingerprint density at radius 1 is 1.32 bits per heavy atom. The van der Waals surface area contributed by atoms with Crippen molar-refractivity contribution in [2.45, 2.75) is 19.6 Å². The second-order valence-corrected chi connectivity index (χ2v) is 7.61. The van der Waals surface area contributed by atoms with E-state index in [1.54, 1.807) is 6.07 Å². The molecule has 0 spiro atoms. The predicted molar refractivity (Wildman–Crippen MR) is 108 cm³/mol. The Hall–Kier alpha value is -2.35. The Bertz CT molecular complexity index is 1080. The number of carbonyl (C=O) groups is 1. The van der Waals surface area contributed by atoms with Crippen LogP contribution in [0.1, 0.15) is 6.92 Å². The van der Waals surface area contributed by atoms with Crippen LogP contribution in [-0.4, -0.2) is 36.4 Å². The first-order chi connectivity index (χ1) is 13.7. The zero-order chi connectivity index (χ0) is 19.5. The number of rotatable bonds is 5. The van der Waals surface area contributed by atoms with E-state index in [2.05, 4.69) is 4.99 Å². The van der Waals surface area contributed by atoms with Gasteiger partial charge in [0.05, 0.1) is 16.8 Å². The molecule has 6 nitrogen and oxygen atoms in total. The maximum absolute atomic E-state index is 12.8. The molecule has 0 bridgehead atoms. The number of fused-ring (bicyclic) bond motifs is 2. The van der Waals surface area contributed by atoms with Crippen molar-refractivity contribution in [3.05, 3.63) is 52.3 Å². The molecule has 146 valence electrons. The molecular formula is C20H19ClN2O4S. The topological polar surface area (TPSA) is 62.1 Å². The standard InChI is InChI=1S/C20H19ClN2O4S/c1-2-25-10-9-23-14-8-7-13(21)11-18(14)28-20(23)22-19(24)17-12-26-15-5-3-4-6-16(15)27-17/h3-8,11,17H,2,9-10,12H2,1H3/t17-/m0/s1. The zero-order valence-corrected chi connectivity index (χ0v) is 16.8. The van der Waals surface area contributed by atoms with E-state index in [1.165, 1.54) is 11.3 Å². The average molecular weight is 419 g/mol. The highest BCUT2D eigenvalue weighted by molar-refractivity contribution is 7.16. The summed E-state index contributed by atoms with van der Waals surface area (Å²) in [6, 6.07) is 12.9. The summed E-state index contributed by atoms with van der Waals surface area (Å²) in [7, 11) is 0. The van der Waals surface area contributed by atoms with Gasteiger partial charge in [-0.05, 0) is 37.3 Å². The van der Waals surface area contributed by atoms with E-state index in [4.69, 9.17) is 25.8 Å². The molecule has 0 saturated heterocycles. The molecular weight excluding hydrogens is 400 g/mol. The summed E-state index contributed by atoms with van der Waals surface area (Å²) in [4.78, 5) is 17.7. The number of para-hydroxylation sites is 2. The Morgan fingerprint density at radius 3 is 2.96 bits per heavy atom. The average Bonchev–Trinajstić information content (AvgIpc) is 3.04. The molecule has 2 aromatic carbocycles. The molecule has 0 saturated carbocycles. The fourth-order valence-electron chi connectivity index (χ4n) is 2.96. The number of thiazole rings is 1. The van der Waals surface area contributed by atoms with Crippen molar-refractivity contribution < 1.29 is 19.0 Å². The molecule has 2 heterocycles. The van der Waals surface area contributed by atoms with Crippen LogP contribution in [0.25, 0.3) is 10.2 Å². The summed E-state index contributed by atoms with van der Waals surface area (Å²) in [5, 5.41) is 0.643. The number of halogens is 1. The van der Waals surface area contributed by atoms with E-state index in [1.807, 2.05) is 47.9 Å². The monoisotopic (exact) mass is 418 g/mol. The molecule has 1 aliphatic rings. The molecule has 1 aromatic heterocycles. The quantitative estimate of drug-likeness (QED) is 0.593. The summed E-state index contributed by atoms with van der Waals surface area (Å²) in [6.45, 7) is 3.83. The lowest BCUT2D eigenvalue weighted by molar-refractivity contribution is -0.127. The van der Waals surface area contributed by atoms with Crippen LogP contribution < -0.4 is 14.3 Å². The Balaban J connectivity index is 1.66. The number of ether oxygens (including phenoxy) is 3. The van der Waals surface area contributed by atoms with Gasteiger partial charge < -0.3 is 18.8 Å². The third kappa shape index (κ3) is 3.92. The Kier molecular flexibility index (Phi) is 5.66. The molecule has 1 atom stereocenters. The van der Waals surface area contributed by atoms with Crippen molar-refractivity contribution in [1.82, 2.24) is 4.57 Å². The minimum atomic E-state index is -0.774. The number of carbonyl (C=O) groups excluding carboxylic acids is 1. The van der Waals surface area contributed by atoms with Crippen LogP contribution in [0.4, 0.5) is 0 Å². The SMILES string of the molecule is CCOCCn1c(=NC(=O)[C@@H]2COc3ccccc3O2)sc2cc(Cl)ccc21. The first-order valence-corrected chi connectivity index (χ1v) is 10.2. The van der Waals surface area contributed by atoms with Crippen molar-refractivity contribution in [1.29, 1.82) is 0 Å². The highest BCUT2D eigenvalue weighted by Crippen LogP contribution is 2.31. The normalized spacial score (nSPS) is 16.5. The van der Waals surface area contributed by atoms with Crippen LogP contribution in [0.15, 0.2) is 47.5 Å². The minimum absolute atomic E-state index is 0.134. The van der Waals surface area contributed by atoms with Gasteiger partial charge in [-0.1, -0.05) is 35.1 Å². The van der Waals surface area contributed by atoms with E-state index in [-0.39, 0.29) is 12.5 Å². The molecule has 0 N–H and O–H groups in total. The summed E-state index contributed by atoms with van der Waals surface area (Å²) < 4.78 is 19.8. The number of benzene rings is 2. The van der Waals surface area contributed by atoms with Crippen LogP contribution in [0.5, 0.6) is 11.5 Å². The summed E-state index contributed by atoms with van der Waals surface area (Å²) in [5.41, 5.74) is 0.965. The van der Waals surface area contributed by atoms with Crippen LogP contribution >= 0.6 is 22.9 Å². The van der Waals surface area contributed by atoms with Gasteiger partial charge in [-0.15, -0.1) is 0 Å². The number of hydrogen-bond acceptors (Lipinski definition) is 5. The van der Waals surface area contributed by atoms with Gasteiger partial charge in [0.2, 0.25) is 6.10 Å². The van der Waals surface area contributed by atoms with E-state index in [0.29, 0.717) is 41.1 Å². The Morgan fingerprint density at radius 2 is 2.14 bits per heavy atom. The second kappa shape index (κ2) is 8.34. The van der Waals surface area contributed by atoms with Gasteiger partial charge in [0.1, 0.15) is 6.61 Å². The zero-order valence-electron chi connectivity index (χ0n) is 15.3. The number of nitrogens with zero attached hydrogens (tertiary/aromatic N) is 2. The van der Waals surface area contributed by atoms with Gasteiger partial charge in [0.25, 0.3) is 5.91 Å². The highest BCUT2D eigenvalue weighted by atomic mass is 35.5. The molecule has 1 aliphatic heterocycles. The summed E-state index contributed by atoms with van der Waals surface area (Å²) in [6.07, 6.45) is -0.774. The lowest BCUT2D eigenvalue weighted by atomic mass is 10.2. The number of hydrogen-bond donors (Lipinski definition) is 0. The van der Waals surface area contributed by atoms with Crippen molar-refractivity contribution in [2.24, 2.45) is 4.99 Å². The molecule has 28 heavy (non-hydrogen) atoms. The van der Waals surface area contributed by atoms with Crippen molar-refractivity contribution in [3.63, 3.8) is 0 Å². The molecule has 1 amide bonds. The molecule has 0 fully saturated rings. The van der Waals surface area contributed by atoms with Crippen LogP contribution in [0.2, 0.25) is 5.02 Å². The lowest BCUT2D eigenvalue weighted by Crippen LogP contribution is -2.37. The minimum Gasteiger partial charge on any atom is -0.485 e. The van der Waals surface area contributed by atoms with Crippen LogP contribution in [0, 0.1) is 0 Å². The van der Waals surface area contributed by atoms with Crippen molar-refractivity contribution >= 4 is 39.1 Å². The van der Waals surface area contributed by atoms with Gasteiger partial charge in [-0.2, -0.15) is 4.99 Å². The maximum Gasteiger partial charge on any atom is 0.292 e. The fourth-order valence-corrected chi connectivity index (χ4v) is 4.29. The van der Waals surface area contributed by atoms with Gasteiger partial charge in [-0.3, -0.25) is 4.79 Å². The summed E-state index contributed by atoms with van der Waals surface area (Å²) in [5.74, 6) is 0.807. The van der Waals surface area contributed by atoms with Gasteiger partial charge >= 0.3 is 0 Å². The maximum atomic E-state index is 12.8. The first-order valence-electron chi connectivity index (χ1n) is 8.99. The smallest absolute Gasteiger partial charge is 0.292 e. The van der Waals surface area contributed by atoms with E-state index < -0.39 is 6.10 Å². The summed E-state index contributed by atoms with van der Waals surface area (Å²) >= 11 is 7.53. The van der Waals surface area contributed by atoms with Crippen LogP contribution in [-0.2, 0) is 16.1 Å². The van der Waals surface area contributed by atoms with Crippen LogP contribution in [0.3, 0.4) is 0 Å². The third-order valence-electron chi connectivity index (χ3n) is 4.30. The first kappa shape index (κ1) is 19.0. The molecule has 0 aliphatic carbocycles. The van der Waals surface area contributed by atoms with Gasteiger partial charge in [-0.25, -0.2) is 0 Å². The van der Waals surface area contributed by atoms with Gasteiger partial charge in [0.15, 0.2) is 16.3 Å². The fraction of sp³-hybridized carbons (Fsp3) is 0.300. The van der Waals surface area contributed by atoms with E-state index in [0.717, 1.165) is 10.2 Å². The van der Waals surface area contributed by atoms with E-state index >= 15 is 0 Å². The second-order valence-electron chi connectivity index (χ2n) is 6.16. The van der Waals surface area contributed by atoms with Gasteiger partial charge in [0, 0.05) is 18.2 Å². The van der Waals surface area contributed by atoms with Crippen molar-refractivity contribution in [2.75, 3.05) is 19.8 Å².